The molecule has 0 aromatic heterocycles. The van der Waals surface area contributed by atoms with Gasteiger partial charge in [-0.15, -0.1) is 0 Å². The standard InChI is InChI=1S/C12H16N2O/c1-9-4-3-5-11(6-9)13-12-7-14(8-12)10(2)15/h3-6,12-13H,7-8H2,1-2H3. The Morgan fingerprint density at radius 3 is 2.80 bits per heavy atom. The largest absolute Gasteiger partial charge is 0.379 e. The van der Waals surface area contributed by atoms with Crippen molar-refractivity contribution in [2.75, 3.05) is 18.4 Å². The van der Waals surface area contributed by atoms with Gasteiger partial charge in [-0.1, -0.05) is 12.1 Å². The average molecular weight is 204 g/mol. The molecule has 0 spiro atoms. The number of likely N-dealkylation sites (tertiary alicyclic amines) is 1. The second-order valence-corrected chi connectivity index (χ2v) is 4.13. The van der Waals surface area contributed by atoms with Crippen LogP contribution in [0.4, 0.5) is 5.69 Å². The van der Waals surface area contributed by atoms with E-state index in [-0.39, 0.29) is 5.91 Å². The summed E-state index contributed by atoms with van der Waals surface area (Å²) in [5.74, 6) is 0.164. The van der Waals surface area contributed by atoms with Gasteiger partial charge in [0.15, 0.2) is 0 Å². The van der Waals surface area contributed by atoms with Gasteiger partial charge >= 0.3 is 0 Å². The lowest BCUT2D eigenvalue weighted by molar-refractivity contribution is -0.132. The maximum atomic E-state index is 11.0. The van der Waals surface area contributed by atoms with E-state index in [1.54, 1.807) is 6.92 Å². The first-order chi connectivity index (χ1) is 7.15. The third-order valence-electron chi connectivity index (χ3n) is 2.72. The highest BCUT2D eigenvalue weighted by Gasteiger charge is 2.27. The third-order valence-corrected chi connectivity index (χ3v) is 2.72. The van der Waals surface area contributed by atoms with Crippen molar-refractivity contribution in [1.82, 2.24) is 4.90 Å². The molecule has 1 N–H and O–H groups in total. The van der Waals surface area contributed by atoms with Crippen molar-refractivity contribution in [2.24, 2.45) is 0 Å². The lowest BCUT2D eigenvalue weighted by Gasteiger charge is -2.39. The Morgan fingerprint density at radius 2 is 2.20 bits per heavy atom. The predicted molar refractivity (Wildman–Crippen MR) is 60.8 cm³/mol. The number of hydrogen-bond donors (Lipinski definition) is 1. The summed E-state index contributed by atoms with van der Waals surface area (Å²) in [5, 5.41) is 3.41. The monoisotopic (exact) mass is 204 g/mol. The molecule has 0 unspecified atom stereocenters. The molecule has 1 aromatic carbocycles. The van der Waals surface area contributed by atoms with Crippen LogP contribution in [0, 0.1) is 6.92 Å². The summed E-state index contributed by atoms with van der Waals surface area (Å²) in [7, 11) is 0. The van der Waals surface area contributed by atoms with Gasteiger partial charge < -0.3 is 10.2 Å². The first-order valence-corrected chi connectivity index (χ1v) is 5.24. The molecule has 1 aromatic rings. The number of nitrogens with one attached hydrogen (secondary N) is 1. The van der Waals surface area contributed by atoms with Crippen LogP contribution in [0.1, 0.15) is 12.5 Å². The molecule has 1 amide bonds. The summed E-state index contributed by atoms with van der Waals surface area (Å²) in [5.41, 5.74) is 2.39. The van der Waals surface area contributed by atoms with Gasteiger partial charge in [0.25, 0.3) is 0 Å². The lowest BCUT2D eigenvalue weighted by Crippen LogP contribution is -2.56. The lowest BCUT2D eigenvalue weighted by atomic mass is 10.1. The molecule has 80 valence electrons. The molecule has 2 rings (SSSR count). The molecule has 1 aliphatic rings. The molecule has 3 nitrogen and oxygen atoms in total. The Bertz CT molecular complexity index is 370. The van der Waals surface area contributed by atoms with Crippen molar-refractivity contribution in [3.8, 4) is 0 Å². The van der Waals surface area contributed by atoms with E-state index < -0.39 is 0 Å². The van der Waals surface area contributed by atoms with Crippen molar-refractivity contribution in [3.63, 3.8) is 0 Å². The second kappa shape index (κ2) is 3.93. The van der Waals surface area contributed by atoms with E-state index in [0.717, 1.165) is 18.8 Å². The van der Waals surface area contributed by atoms with Crippen LogP contribution >= 0.6 is 0 Å². The number of amides is 1. The predicted octanol–water partition coefficient (Wildman–Crippen LogP) is 1.64. The fraction of sp³-hybridized carbons (Fsp3) is 0.417. The van der Waals surface area contributed by atoms with E-state index in [1.165, 1.54) is 5.56 Å². The average Bonchev–Trinajstić information content (AvgIpc) is 2.10. The molecular formula is C12H16N2O. The first kappa shape index (κ1) is 10.0. The number of nitrogens with zero attached hydrogens (tertiary/aromatic N) is 1. The summed E-state index contributed by atoms with van der Waals surface area (Å²) >= 11 is 0. The summed E-state index contributed by atoms with van der Waals surface area (Å²) in [6.07, 6.45) is 0. The fourth-order valence-corrected chi connectivity index (χ4v) is 1.80. The molecule has 1 fully saturated rings. The molecule has 0 bridgehead atoms. The Labute approximate surface area is 90.1 Å². The Balaban J connectivity index is 1.87. The van der Waals surface area contributed by atoms with E-state index in [0.29, 0.717) is 6.04 Å². The molecule has 1 aliphatic heterocycles. The van der Waals surface area contributed by atoms with Crippen LogP contribution in [0.2, 0.25) is 0 Å². The van der Waals surface area contributed by atoms with Crippen LogP contribution in [0.3, 0.4) is 0 Å². The summed E-state index contributed by atoms with van der Waals surface area (Å²) in [6.45, 7) is 5.34. The zero-order chi connectivity index (χ0) is 10.8. The number of anilines is 1. The maximum Gasteiger partial charge on any atom is 0.219 e. The van der Waals surface area contributed by atoms with Crippen LogP contribution in [0.15, 0.2) is 24.3 Å². The molecule has 0 atom stereocenters. The van der Waals surface area contributed by atoms with Gasteiger partial charge in [0.1, 0.15) is 0 Å². The number of hydrogen-bond acceptors (Lipinski definition) is 2. The smallest absolute Gasteiger partial charge is 0.219 e. The van der Waals surface area contributed by atoms with E-state index in [1.807, 2.05) is 11.0 Å². The fourth-order valence-electron chi connectivity index (χ4n) is 1.80. The van der Waals surface area contributed by atoms with Crippen LogP contribution in [0.5, 0.6) is 0 Å². The van der Waals surface area contributed by atoms with Crippen molar-refractivity contribution in [2.45, 2.75) is 19.9 Å². The van der Waals surface area contributed by atoms with Gasteiger partial charge in [-0.05, 0) is 24.6 Å². The quantitative estimate of drug-likeness (QED) is 0.794. The molecule has 1 saturated heterocycles. The van der Waals surface area contributed by atoms with E-state index >= 15 is 0 Å². The van der Waals surface area contributed by atoms with Crippen LogP contribution in [0.25, 0.3) is 0 Å². The molecule has 3 heteroatoms. The Kier molecular flexibility index (Phi) is 2.62. The number of rotatable bonds is 2. The van der Waals surface area contributed by atoms with Crippen molar-refractivity contribution in [3.05, 3.63) is 29.8 Å². The summed E-state index contributed by atoms with van der Waals surface area (Å²) < 4.78 is 0. The highest BCUT2D eigenvalue weighted by atomic mass is 16.2. The SMILES string of the molecule is CC(=O)N1CC(Nc2cccc(C)c2)C1. The molecular weight excluding hydrogens is 188 g/mol. The van der Waals surface area contributed by atoms with Crippen molar-refractivity contribution in [1.29, 1.82) is 0 Å². The maximum absolute atomic E-state index is 11.0. The minimum absolute atomic E-state index is 0.164. The van der Waals surface area contributed by atoms with Gasteiger partial charge in [-0.25, -0.2) is 0 Å². The molecule has 15 heavy (non-hydrogen) atoms. The van der Waals surface area contributed by atoms with Gasteiger partial charge in [-0.3, -0.25) is 4.79 Å². The normalized spacial score (nSPS) is 16.0. The number of aryl methyl sites for hydroxylation is 1. The second-order valence-electron chi connectivity index (χ2n) is 4.13. The van der Waals surface area contributed by atoms with Gasteiger partial charge in [0, 0.05) is 25.7 Å². The summed E-state index contributed by atoms with van der Waals surface area (Å²) in [4.78, 5) is 12.8. The van der Waals surface area contributed by atoms with Gasteiger partial charge in [0.2, 0.25) is 5.91 Å². The highest BCUT2D eigenvalue weighted by Crippen LogP contribution is 2.16. The van der Waals surface area contributed by atoms with Gasteiger partial charge in [-0.2, -0.15) is 0 Å². The third kappa shape index (κ3) is 2.29. The molecule has 0 aliphatic carbocycles. The highest BCUT2D eigenvalue weighted by molar-refractivity contribution is 5.74. The molecule has 0 saturated carbocycles. The van der Waals surface area contributed by atoms with Gasteiger partial charge in [0.05, 0.1) is 6.04 Å². The van der Waals surface area contributed by atoms with Crippen molar-refractivity contribution >= 4 is 11.6 Å². The Hall–Kier alpha value is -1.51. The zero-order valence-electron chi connectivity index (χ0n) is 9.16. The molecule has 1 heterocycles. The Morgan fingerprint density at radius 1 is 1.47 bits per heavy atom. The zero-order valence-corrected chi connectivity index (χ0v) is 9.16. The van der Waals surface area contributed by atoms with Crippen LogP contribution in [-0.4, -0.2) is 29.9 Å². The number of carbonyl (C=O) groups is 1. The van der Waals surface area contributed by atoms with Crippen LogP contribution in [-0.2, 0) is 4.79 Å². The van der Waals surface area contributed by atoms with Crippen molar-refractivity contribution < 1.29 is 4.79 Å². The minimum Gasteiger partial charge on any atom is -0.379 e. The minimum atomic E-state index is 0.164. The summed E-state index contributed by atoms with van der Waals surface area (Å²) in [6, 6.07) is 8.71. The van der Waals surface area contributed by atoms with E-state index in [4.69, 9.17) is 0 Å². The number of benzene rings is 1. The van der Waals surface area contributed by atoms with E-state index in [9.17, 15) is 4.79 Å². The number of carbonyl (C=O) groups excluding carboxylic acids is 1. The van der Waals surface area contributed by atoms with Crippen LogP contribution < -0.4 is 5.32 Å². The molecule has 0 radical (unpaired) electrons. The first-order valence-electron chi connectivity index (χ1n) is 5.24. The topological polar surface area (TPSA) is 32.3 Å². The van der Waals surface area contributed by atoms with E-state index in [2.05, 4.69) is 30.4 Å².